The normalized spacial score (nSPS) is 21.4. The van der Waals surface area contributed by atoms with E-state index in [1.54, 1.807) is 36.4 Å². The van der Waals surface area contributed by atoms with Crippen LogP contribution in [0.3, 0.4) is 0 Å². The van der Waals surface area contributed by atoms with Crippen LogP contribution in [-0.4, -0.2) is 6.61 Å². The molecule has 2 fully saturated rings. The van der Waals surface area contributed by atoms with E-state index in [1.165, 1.54) is 82.8 Å². The molecule has 0 heterocycles. The fourth-order valence-corrected chi connectivity index (χ4v) is 8.40. The highest BCUT2D eigenvalue weighted by atomic mass is 19.2. The molecule has 0 aromatic heterocycles. The summed E-state index contributed by atoms with van der Waals surface area (Å²) in [5.74, 6) is -1.19. The lowest BCUT2D eigenvalue weighted by Crippen LogP contribution is -2.25. The zero-order valence-electron chi connectivity index (χ0n) is 29.3. The van der Waals surface area contributed by atoms with Crippen molar-refractivity contribution in [1.29, 1.82) is 0 Å². The van der Waals surface area contributed by atoms with Crippen molar-refractivity contribution >= 4 is 0 Å². The Kier molecular flexibility index (Phi) is 13.9. The van der Waals surface area contributed by atoms with Crippen molar-refractivity contribution in [3.8, 4) is 28.0 Å². The lowest BCUT2D eigenvalue weighted by Gasteiger charge is -2.38. The third kappa shape index (κ3) is 9.24. The molecule has 2 aliphatic carbocycles. The van der Waals surface area contributed by atoms with Crippen molar-refractivity contribution in [3.63, 3.8) is 0 Å². The Bertz CT molecular complexity index is 1420. The van der Waals surface area contributed by atoms with Crippen LogP contribution in [-0.2, 0) is 0 Å². The summed E-state index contributed by atoms with van der Waals surface area (Å²) < 4.78 is 66.5. The summed E-state index contributed by atoms with van der Waals surface area (Å²) in [5, 5.41) is 0. The number of benzene rings is 3. The van der Waals surface area contributed by atoms with Crippen LogP contribution in [0.2, 0.25) is 0 Å². The van der Waals surface area contributed by atoms with E-state index >= 15 is 13.2 Å². The van der Waals surface area contributed by atoms with E-state index in [-0.39, 0.29) is 22.8 Å². The molecule has 2 saturated carbocycles. The molecule has 48 heavy (non-hydrogen) atoms. The molecule has 0 atom stereocenters. The van der Waals surface area contributed by atoms with Crippen molar-refractivity contribution in [2.45, 2.75) is 135 Å². The van der Waals surface area contributed by atoms with Gasteiger partial charge >= 0.3 is 0 Å². The Balaban J connectivity index is 1.15. The first-order valence-corrected chi connectivity index (χ1v) is 19.1. The molecular formula is C43H56F4O. The number of hydrogen-bond acceptors (Lipinski definition) is 1. The number of unbranched alkanes of at least 4 members (excludes halogenated alkanes) is 7. The Labute approximate surface area is 286 Å². The van der Waals surface area contributed by atoms with E-state index in [2.05, 4.69) is 13.8 Å². The molecule has 0 unspecified atom stereocenters. The summed E-state index contributed by atoms with van der Waals surface area (Å²) in [7, 11) is 0. The minimum Gasteiger partial charge on any atom is -0.490 e. The number of ether oxygens (including phenoxy) is 1. The summed E-state index contributed by atoms with van der Waals surface area (Å²) in [6.07, 6.45) is 21.3. The van der Waals surface area contributed by atoms with Gasteiger partial charge in [-0.25, -0.2) is 13.2 Å². The quantitative estimate of drug-likeness (QED) is 0.109. The molecule has 1 nitrogen and oxygen atoms in total. The van der Waals surface area contributed by atoms with Gasteiger partial charge in [-0.2, -0.15) is 4.39 Å². The molecule has 2 aliphatic rings. The van der Waals surface area contributed by atoms with E-state index in [0.29, 0.717) is 23.3 Å². The van der Waals surface area contributed by atoms with Crippen LogP contribution in [0.4, 0.5) is 17.6 Å². The van der Waals surface area contributed by atoms with Crippen molar-refractivity contribution < 1.29 is 22.3 Å². The standard InChI is InChI=1S/C43H56F4O/c1-3-5-7-8-9-11-29-48-39-28-27-38(42(46)43(39)47)35-23-21-34(22-24-35)37-26-25-36(40(44)41(37)45)33-19-17-32(18-20-33)31-15-13-30(14-16-31)12-10-6-4-2/h21-28,30-33H,3-20,29H2,1-2H3. The Morgan fingerprint density at radius 1 is 0.521 bits per heavy atom. The van der Waals surface area contributed by atoms with E-state index in [9.17, 15) is 4.39 Å². The SMILES string of the molecule is CCCCCCCCOc1ccc(-c2ccc(-c3ccc(C4CCC(C5CCC(CCCCC)CC5)CC4)c(F)c3F)cc2)c(F)c1F. The first-order chi connectivity index (χ1) is 23.4. The first-order valence-electron chi connectivity index (χ1n) is 19.1. The maximum absolute atomic E-state index is 15.5. The third-order valence-electron chi connectivity index (χ3n) is 11.4. The van der Waals surface area contributed by atoms with Crippen molar-refractivity contribution in [2.24, 2.45) is 17.8 Å². The molecule has 0 saturated heterocycles. The van der Waals surface area contributed by atoms with Gasteiger partial charge in [0.15, 0.2) is 23.2 Å². The molecule has 0 radical (unpaired) electrons. The van der Waals surface area contributed by atoms with Gasteiger partial charge in [-0.05, 0) is 97.4 Å². The topological polar surface area (TPSA) is 9.23 Å². The molecular weight excluding hydrogens is 608 g/mol. The minimum absolute atomic E-state index is 0.0492. The van der Waals surface area contributed by atoms with Crippen LogP contribution in [0.25, 0.3) is 22.3 Å². The molecule has 0 aliphatic heterocycles. The van der Waals surface area contributed by atoms with Gasteiger partial charge in [0, 0.05) is 11.1 Å². The fraction of sp³-hybridized carbons (Fsp3) is 0.581. The van der Waals surface area contributed by atoms with Crippen LogP contribution >= 0.6 is 0 Å². The zero-order chi connectivity index (χ0) is 33.9. The minimum atomic E-state index is -1.01. The van der Waals surface area contributed by atoms with Gasteiger partial charge < -0.3 is 4.74 Å². The second kappa shape index (κ2) is 18.3. The van der Waals surface area contributed by atoms with E-state index in [4.69, 9.17) is 4.74 Å². The monoisotopic (exact) mass is 664 g/mol. The number of hydrogen-bond donors (Lipinski definition) is 0. The van der Waals surface area contributed by atoms with Crippen LogP contribution in [0.1, 0.15) is 141 Å². The highest BCUT2D eigenvalue weighted by Crippen LogP contribution is 2.45. The van der Waals surface area contributed by atoms with Crippen LogP contribution in [0.5, 0.6) is 5.75 Å². The molecule has 262 valence electrons. The summed E-state index contributed by atoms with van der Waals surface area (Å²) in [4.78, 5) is 0. The second-order valence-corrected chi connectivity index (χ2v) is 14.7. The van der Waals surface area contributed by atoms with Crippen molar-refractivity contribution in [3.05, 3.63) is 77.4 Å². The molecule has 0 spiro atoms. The van der Waals surface area contributed by atoms with Crippen LogP contribution in [0, 0.1) is 41.0 Å². The highest BCUT2D eigenvalue weighted by Gasteiger charge is 2.32. The second-order valence-electron chi connectivity index (χ2n) is 14.7. The highest BCUT2D eigenvalue weighted by molar-refractivity contribution is 5.72. The molecule has 0 N–H and O–H groups in total. The predicted molar refractivity (Wildman–Crippen MR) is 190 cm³/mol. The summed E-state index contributed by atoms with van der Waals surface area (Å²) >= 11 is 0. The molecule has 5 heteroatoms. The van der Waals surface area contributed by atoms with E-state index < -0.39 is 23.3 Å². The van der Waals surface area contributed by atoms with Gasteiger partial charge in [0.25, 0.3) is 0 Å². The molecule has 3 aromatic rings. The average Bonchev–Trinajstić information content (AvgIpc) is 3.11. The summed E-state index contributed by atoms with van der Waals surface area (Å²) in [6, 6.07) is 12.9. The van der Waals surface area contributed by atoms with Crippen LogP contribution in [0.15, 0.2) is 48.5 Å². The zero-order valence-corrected chi connectivity index (χ0v) is 29.3. The van der Waals surface area contributed by atoms with Gasteiger partial charge in [-0.3, -0.25) is 0 Å². The smallest absolute Gasteiger partial charge is 0.201 e. The largest absolute Gasteiger partial charge is 0.490 e. The first kappa shape index (κ1) is 36.5. The van der Waals surface area contributed by atoms with E-state index in [0.717, 1.165) is 62.7 Å². The lowest BCUT2D eigenvalue weighted by atomic mass is 9.68. The number of rotatable bonds is 16. The predicted octanol–water partition coefficient (Wildman–Crippen LogP) is 14.0. The molecule has 0 amide bonds. The van der Waals surface area contributed by atoms with Crippen LogP contribution < -0.4 is 4.74 Å². The Hall–Kier alpha value is -2.82. The van der Waals surface area contributed by atoms with E-state index in [1.807, 2.05) is 0 Å². The number of halogens is 4. The fourth-order valence-electron chi connectivity index (χ4n) is 8.40. The molecule has 0 bridgehead atoms. The lowest BCUT2D eigenvalue weighted by molar-refractivity contribution is 0.155. The maximum Gasteiger partial charge on any atom is 0.201 e. The summed E-state index contributed by atoms with van der Waals surface area (Å²) in [5.41, 5.74) is 1.72. The average molecular weight is 665 g/mol. The molecule has 5 rings (SSSR count). The van der Waals surface area contributed by atoms with Gasteiger partial charge in [0.05, 0.1) is 6.61 Å². The van der Waals surface area contributed by atoms with Gasteiger partial charge in [0.1, 0.15) is 0 Å². The van der Waals surface area contributed by atoms with Crippen molar-refractivity contribution in [2.75, 3.05) is 6.61 Å². The van der Waals surface area contributed by atoms with Crippen molar-refractivity contribution in [1.82, 2.24) is 0 Å². The molecule has 3 aromatic carbocycles. The van der Waals surface area contributed by atoms with Gasteiger partial charge in [0.2, 0.25) is 5.82 Å². The third-order valence-corrected chi connectivity index (χ3v) is 11.4. The van der Waals surface area contributed by atoms with Gasteiger partial charge in [-0.15, -0.1) is 0 Å². The Morgan fingerprint density at radius 3 is 1.67 bits per heavy atom. The summed E-state index contributed by atoms with van der Waals surface area (Å²) in [6.45, 7) is 4.78. The Morgan fingerprint density at radius 2 is 1.04 bits per heavy atom. The van der Waals surface area contributed by atoms with Gasteiger partial charge in [-0.1, -0.05) is 121 Å². The maximum atomic E-state index is 15.5.